The van der Waals surface area contributed by atoms with E-state index in [-0.39, 0.29) is 31.2 Å². The van der Waals surface area contributed by atoms with Crippen molar-refractivity contribution in [2.45, 2.75) is 13.0 Å². The van der Waals surface area contributed by atoms with Crippen molar-refractivity contribution in [3.63, 3.8) is 0 Å². The van der Waals surface area contributed by atoms with Gasteiger partial charge in [-0.2, -0.15) is 0 Å². The molecule has 1 N–H and O–H groups in total. The number of hydrogen-bond acceptors (Lipinski definition) is 3. The van der Waals surface area contributed by atoms with E-state index in [2.05, 4.69) is 0 Å². The Morgan fingerprint density at radius 3 is 1.60 bits per heavy atom. The highest BCUT2D eigenvalue weighted by Crippen LogP contribution is 2.45. The van der Waals surface area contributed by atoms with E-state index >= 15 is 0 Å². The Labute approximate surface area is 133 Å². The maximum Gasteiger partial charge on any atom is 0.326 e. The van der Waals surface area contributed by atoms with Gasteiger partial charge in [0.25, 0.3) is 11.8 Å². The van der Waals surface area contributed by atoms with Crippen LogP contribution in [0.15, 0.2) is 0 Å². The molecule has 5 nitrogen and oxygen atoms in total. The van der Waals surface area contributed by atoms with Crippen LogP contribution in [0.25, 0.3) is 0 Å². The molecule has 2 rings (SSSR count). The highest BCUT2D eigenvalue weighted by molar-refractivity contribution is 6.55. The van der Waals surface area contributed by atoms with Crippen molar-refractivity contribution in [2.24, 2.45) is 0 Å². The highest BCUT2D eigenvalue weighted by Gasteiger charge is 2.45. The molecule has 106 valence electrons. The van der Waals surface area contributed by atoms with Gasteiger partial charge in [0.1, 0.15) is 6.04 Å². The van der Waals surface area contributed by atoms with E-state index in [0.29, 0.717) is 4.90 Å². The number of carbonyl (C=O) groups excluding carboxylic acids is 2. The van der Waals surface area contributed by atoms with Crippen LogP contribution in [0.4, 0.5) is 0 Å². The summed E-state index contributed by atoms with van der Waals surface area (Å²) in [5, 5.41) is 8.16. The lowest BCUT2D eigenvalue weighted by molar-refractivity contribution is -0.140. The Bertz CT molecular complexity index is 626. The molecule has 1 heterocycles. The van der Waals surface area contributed by atoms with Crippen molar-refractivity contribution < 1.29 is 19.5 Å². The van der Waals surface area contributed by atoms with Crippen molar-refractivity contribution in [3.05, 3.63) is 31.2 Å². The molecule has 0 fully saturated rings. The molecule has 0 unspecified atom stereocenters. The summed E-state index contributed by atoms with van der Waals surface area (Å²) in [5.41, 5.74) is -0.465. The third kappa shape index (κ3) is 1.97. The van der Waals surface area contributed by atoms with Crippen molar-refractivity contribution in [1.82, 2.24) is 4.90 Å². The zero-order valence-electron chi connectivity index (χ0n) is 9.71. The largest absolute Gasteiger partial charge is 0.480 e. The molecule has 0 aromatic heterocycles. The third-order valence-electron chi connectivity index (χ3n) is 2.88. The average molecular weight is 357 g/mol. The Hall–Kier alpha value is -1.01. The molecule has 1 aliphatic heterocycles. The van der Waals surface area contributed by atoms with Crippen LogP contribution in [0.2, 0.25) is 20.1 Å². The Kier molecular flexibility index (Phi) is 3.90. The second-order valence-electron chi connectivity index (χ2n) is 4.00. The quantitative estimate of drug-likeness (QED) is 0.500. The van der Waals surface area contributed by atoms with Gasteiger partial charge >= 0.3 is 5.97 Å². The van der Waals surface area contributed by atoms with Gasteiger partial charge < -0.3 is 5.11 Å². The first-order valence-corrected chi connectivity index (χ1v) is 6.68. The van der Waals surface area contributed by atoms with Gasteiger partial charge in [-0.3, -0.25) is 14.5 Å². The van der Waals surface area contributed by atoms with Gasteiger partial charge in [-0.05, 0) is 6.92 Å². The van der Waals surface area contributed by atoms with Crippen molar-refractivity contribution >= 4 is 64.2 Å². The van der Waals surface area contributed by atoms with E-state index in [1.54, 1.807) is 0 Å². The summed E-state index contributed by atoms with van der Waals surface area (Å²) >= 11 is 23.5. The van der Waals surface area contributed by atoms with Gasteiger partial charge in [-0.1, -0.05) is 46.4 Å². The average Bonchev–Trinajstić information content (AvgIpc) is 2.64. The van der Waals surface area contributed by atoms with Crippen LogP contribution >= 0.6 is 46.4 Å². The molecule has 0 saturated heterocycles. The van der Waals surface area contributed by atoms with Gasteiger partial charge in [-0.15, -0.1) is 0 Å². The molecule has 0 spiro atoms. The van der Waals surface area contributed by atoms with E-state index in [1.807, 2.05) is 0 Å². The maximum atomic E-state index is 12.2. The summed E-state index contributed by atoms with van der Waals surface area (Å²) < 4.78 is 0. The number of carboxylic acids is 1. The fourth-order valence-corrected chi connectivity index (χ4v) is 2.84. The SMILES string of the molecule is C[C@H](C(=O)O)N1C(=O)c2c(Cl)c(Cl)c(Cl)c(Cl)c2C1=O. The molecule has 0 radical (unpaired) electrons. The molecular formula is C11H5Cl4NO4. The number of carbonyl (C=O) groups is 3. The summed E-state index contributed by atoms with van der Waals surface area (Å²) in [6.45, 7) is 1.19. The smallest absolute Gasteiger partial charge is 0.326 e. The monoisotopic (exact) mass is 355 g/mol. The summed E-state index contributed by atoms with van der Waals surface area (Å²) in [5.74, 6) is -3.08. The van der Waals surface area contributed by atoms with Crippen molar-refractivity contribution in [2.75, 3.05) is 0 Å². The molecule has 1 atom stereocenters. The number of amides is 2. The van der Waals surface area contributed by atoms with Gasteiger partial charge in [-0.25, -0.2) is 4.79 Å². The highest BCUT2D eigenvalue weighted by atomic mass is 35.5. The lowest BCUT2D eigenvalue weighted by atomic mass is 10.1. The van der Waals surface area contributed by atoms with Crippen LogP contribution in [0.1, 0.15) is 27.6 Å². The van der Waals surface area contributed by atoms with Crippen LogP contribution in [0, 0.1) is 0 Å². The van der Waals surface area contributed by atoms with Crippen molar-refractivity contribution in [3.8, 4) is 0 Å². The second-order valence-corrected chi connectivity index (χ2v) is 5.51. The predicted octanol–water partition coefficient (Wildman–Crippen LogP) is 3.37. The molecule has 2 amide bonds. The van der Waals surface area contributed by atoms with E-state index in [1.165, 1.54) is 6.92 Å². The normalized spacial score (nSPS) is 15.6. The lowest BCUT2D eigenvalue weighted by Crippen LogP contribution is -2.42. The number of rotatable bonds is 2. The lowest BCUT2D eigenvalue weighted by Gasteiger charge is -2.18. The van der Waals surface area contributed by atoms with Gasteiger partial charge in [0, 0.05) is 0 Å². The minimum atomic E-state index is -1.37. The predicted molar refractivity (Wildman–Crippen MR) is 74.1 cm³/mol. The number of nitrogens with zero attached hydrogens (tertiary/aromatic N) is 1. The topological polar surface area (TPSA) is 74.7 Å². The first-order chi connectivity index (χ1) is 9.20. The first-order valence-electron chi connectivity index (χ1n) is 5.16. The molecule has 9 heteroatoms. The first kappa shape index (κ1) is 15.4. The fourth-order valence-electron chi connectivity index (χ4n) is 1.83. The van der Waals surface area contributed by atoms with Gasteiger partial charge in [0.15, 0.2) is 0 Å². The zero-order valence-corrected chi connectivity index (χ0v) is 12.7. The van der Waals surface area contributed by atoms with E-state index in [0.717, 1.165) is 0 Å². The number of benzene rings is 1. The number of hydrogen-bond donors (Lipinski definition) is 1. The molecule has 20 heavy (non-hydrogen) atoms. The number of aliphatic carboxylic acids is 1. The fraction of sp³-hybridized carbons (Fsp3) is 0.182. The van der Waals surface area contributed by atoms with Crippen LogP contribution in [0.5, 0.6) is 0 Å². The summed E-state index contributed by atoms with van der Waals surface area (Å²) in [4.78, 5) is 35.9. The van der Waals surface area contributed by atoms with Crippen LogP contribution in [-0.4, -0.2) is 33.8 Å². The van der Waals surface area contributed by atoms with Crippen molar-refractivity contribution in [1.29, 1.82) is 0 Å². The Balaban J connectivity index is 2.73. The van der Waals surface area contributed by atoms with Crippen LogP contribution < -0.4 is 0 Å². The molecule has 1 aromatic carbocycles. The zero-order chi connectivity index (χ0) is 15.4. The summed E-state index contributed by atoms with van der Waals surface area (Å²) in [6.07, 6.45) is 0. The number of carboxylic acid groups (broad SMARTS) is 1. The Morgan fingerprint density at radius 2 is 1.30 bits per heavy atom. The number of fused-ring (bicyclic) bond motifs is 1. The summed E-state index contributed by atoms with van der Waals surface area (Å²) in [7, 11) is 0. The van der Waals surface area contributed by atoms with E-state index in [4.69, 9.17) is 51.5 Å². The Morgan fingerprint density at radius 1 is 0.950 bits per heavy atom. The standard InChI is InChI=1S/C11H5Cl4NO4/c1-2(11(19)20)16-9(17)3-4(10(16)18)6(13)8(15)7(14)5(3)12/h2H,1H3,(H,19,20)/t2-/m1/s1. The molecule has 1 aliphatic rings. The van der Waals surface area contributed by atoms with Crippen LogP contribution in [0.3, 0.4) is 0 Å². The molecule has 0 aliphatic carbocycles. The maximum absolute atomic E-state index is 12.2. The van der Waals surface area contributed by atoms with E-state index in [9.17, 15) is 14.4 Å². The number of imide groups is 1. The summed E-state index contributed by atoms with van der Waals surface area (Å²) in [6, 6.07) is -1.37. The van der Waals surface area contributed by atoms with Crippen LogP contribution in [-0.2, 0) is 4.79 Å². The molecule has 1 aromatic rings. The molecule has 0 bridgehead atoms. The molecule has 0 saturated carbocycles. The second kappa shape index (κ2) is 5.07. The minimum absolute atomic E-state index is 0.164. The van der Waals surface area contributed by atoms with Gasteiger partial charge in [0.05, 0.1) is 31.2 Å². The van der Waals surface area contributed by atoms with E-state index < -0.39 is 23.8 Å². The minimum Gasteiger partial charge on any atom is -0.480 e. The van der Waals surface area contributed by atoms with Gasteiger partial charge in [0.2, 0.25) is 0 Å². The molecular weight excluding hydrogens is 352 g/mol. The number of halogens is 4. The third-order valence-corrected chi connectivity index (χ3v) is 4.68.